The minimum Gasteiger partial charge on any atom is -0.305 e. The Morgan fingerprint density at radius 1 is 1.12 bits per heavy atom. The van der Waals surface area contributed by atoms with Crippen molar-refractivity contribution < 1.29 is 4.79 Å². The van der Waals surface area contributed by atoms with Gasteiger partial charge in [0.15, 0.2) is 4.80 Å². The maximum absolute atomic E-state index is 12.7. The molecule has 0 aliphatic carbocycles. The molecule has 3 aromatic rings. The number of aryl methyl sites for hydroxylation is 4. The van der Waals surface area contributed by atoms with Crippen molar-refractivity contribution in [1.82, 2.24) is 4.57 Å². The largest absolute Gasteiger partial charge is 0.305 e. The van der Waals surface area contributed by atoms with Crippen molar-refractivity contribution in [3.8, 4) is 12.3 Å². The van der Waals surface area contributed by atoms with E-state index >= 15 is 0 Å². The average Bonchev–Trinajstić information content (AvgIpc) is 2.86. The lowest BCUT2D eigenvalue weighted by molar-refractivity contribution is 0.0997. The standard InChI is InChI=1S/C21H20N2OS/c1-6-9-23-18-12-14(3)11-16(5)19(18)25-21(23)22-20(24)17-8-7-13(2)10-15(17)4/h1,7-8,10-12H,9H2,2-5H3. The van der Waals surface area contributed by atoms with Crippen LogP contribution in [0.15, 0.2) is 35.3 Å². The molecular formula is C21H20N2OS. The molecule has 0 aliphatic rings. The van der Waals surface area contributed by atoms with E-state index in [0.29, 0.717) is 16.9 Å². The maximum Gasteiger partial charge on any atom is 0.279 e. The molecule has 0 N–H and O–H groups in total. The number of hydrogen-bond acceptors (Lipinski definition) is 2. The van der Waals surface area contributed by atoms with Crippen LogP contribution in [0.5, 0.6) is 0 Å². The number of rotatable bonds is 2. The molecule has 126 valence electrons. The zero-order chi connectivity index (χ0) is 18.1. The van der Waals surface area contributed by atoms with E-state index in [4.69, 9.17) is 6.42 Å². The summed E-state index contributed by atoms with van der Waals surface area (Å²) in [5.41, 5.74) is 6.07. The summed E-state index contributed by atoms with van der Waals surface area (Å²) in [4.78, 5) is 17.7. The number of amides is 1. The summed E-state index contributed by atoms with van der Waals surface area (Å²) in [7, 11) is 0. The molecule has 0 unspecified atom stereocenters. The third-order valence-electron chi connectivity index (χ3n) is 4.17. The maximum atomic E-state index is 12.7. The Morgan fingerprint density at radius 3 is 2.52 bits per heavy atom. The Morgan fingerprint density at radius 2 is 1.84 bits per heavy atom. The second-order valence-electron chi connectivity index (χ2n) is 6.34. The molecule has 0 aliphatic heterocycles. The van der Waals surface area contributed by atoms with E-state index in [0.717, 1.165) is 21.3 Å². The minimum atomic E-state index is -0.232. The van der Waals surface area contributed by atoms with E-state index in [-0.39, 0.29) is 5.91 Å². The predicted molar refractivity (Wildman–Crippen MR) is 104 cm³/mol. The van der Waals surface area contributed by atoms with Crippen molar-refractivity contribution in [3.63, 3.8) is 0 Å². The van der Waals surface area contributed by atoms with Crippen molar-refractivity contribution in [2.75, 3.05) is 0 Å². The van der Waals surface area contributed by atoms with Gasteiger partial charge in [-0.1, -0.05) is 41.0 Å². The van der Waals surface area contributed by atoms with Crippen molar-refractivity contribution in [1.29, 1.82) is 0 Å². The fourth-order valence-corrected chi connectivity index (χ4v) is 4.12. The summed E-state index contributed by atoms with van der Waals surface area (Å²) >= 11 is 1.51. The van der Waals surface area contributed by atoms with Crippen LogP contribution in [0.4, 0.5) is 0 Å². The van der Waals surface area contributed by atoms with Crippen LogP contribution in [-0.4, -0.2) is 10.5 Å². The lowest BCUT2D eigenvalue weighted by atomic mass is 10.1. The second kappa shape index (κ2) is 6.70. The van der Waals surface area contributed by atoms with Gasteiger partial charge in [0.1, 0.15) is 0 Å². The summed E-state index contributed by atoms with van der Waals surface area (Å²) in [6, 6.07) is 10.00. The number of aromatic nitrogens is 1. The fraction of sp³-hybridized carbons (Fsp3) is 0.238. The Hall–Kier alpha value is -2.64. The molecule has 0 fully saturated rings. The third kappa shape index (κ3) is 3.29. The molecule has 0 bridgehead atoms. The Labute approximate surface area is 151 Å². The van der Waals surface area contributed by atoms with E-state index in [1.807, 2.05) is 36.6 Å². The topological polar surface area (TPSA) is 34.4 Å². The van der Waals surface area contributed by atoms with Gasteiger partial charge >= 0.3 is 0 Å². The van der Waals surface area contributed by atoms with E-state index < -0.39 is 0 Å². The first-order chi connectivity index (χ1) is 11.9. The molecule has 1 amide bonds. The molecule has 2 aromatic carbocycles. The minimum absolute atomic E-state index is 0.232. The zero-order valence-corrected chi connectivity index (χ0v) is 15.7. The van der Waals surface area contributed by atoms with Gasteiger partial charge in [-0.3, -0.25) is 4.79 Å². The van der Waals surface area contributed by atoms with E-state index in [1.54, 1.807) is 0 Å². The fourth-order valence-electron chi connectivity index (χ4n) is 3.04. The summed E-state index contributed by atoms with van der Waals surface area (Å²) in [5, 5.41) is 0. The molecule has 3 rings (SSSR count). The molecule has 0 saturated heterocycles. The average molecular weight is 348 g/mol. The Balaban J connectivity index is 2.22. The highest BCUT2D eigenvalue weighted by Gasteiger charge is 2.12. The number of benzene rings is 2. The van der Waals surface area contributed by atoms with Crippen LogP contribution in [0.3, 0.4) is 0 Å². The number of carbonyl (C=O) groups excluding carboxylic acids is 1. The van der Waals surface area contributed by atoms with Crippen LogP contribution in [0.25, 0.3) is 10.2 Å². The molecule has 1 aromatic heterocycles. The molecule has 3 nitrogen and oxygen atoms in total. The first-order valence-corrected chi connectivity index (χ1v) is 8.92. The molecule has 0 spiro atoms. The monoisotopic (exact) mass is 348 g/mol. The molecule has 4 heteroatoms. The first-order valence-electron chi connectivity index (χ1n) is 8.11. The van der Waals surface area contributed by atoms with Gasteiger partial charge in [-0.15, -0.1) is 6.42 Å². The number of carbonyl (C=O) groups is 1. The number of thiazole rings is 1. The van der Waals surface area contributed by atoms with Crippen molar-refractivity contribution in [2.24, 2.45) is 4.99 Å². The Kier molecular flexibility index (Phi) is 4.61. The van der Waals surface area contributed by atoms with E-state index in [9.17, 15) is 4.79 Å². The molecule has 0 radical (unpaired) electrons. The summed E-state index contributed by atoms with van der Waals surface area (Å²) in [6.07, 6.45) is 5.55. The van der Waals surface area contributed by atoms with Crippen LogP contribution >= 0.6 is 11.3 Å². The Bertz CT molecular complexity index is 1090. The number of terminal acetylenes is 1. The van der Waals surface area contributed by atoms with Crippen molar-refractivity contribution >= 4 is 27.5 Å². The van der Waals surface area contributed by atoms with Crippen LogP contribution in [0.2, 0.25) is 0 Å². The highest BCUT2D eigenvalue weighted by molar-refractivity contribution is 7.16. The zero-order valence-electron chi connectivity index (χ0n) is 14.9. The molecule has 0 atom stereocenters. The van der Waals surface area contributed by atoms with Crippen LogP contribution in [0, 0.1) is 40.0 Å². The molecular weight excluding hydrogens is 328 g/mol. The summed E-state index contributed by atoms with van der Waals surface area (Å²) in [6.45, 7) is 8.46. The van der Waals surface area contributed by atoms with Gasteiger partial charge < -0.3 is 4.57 Å². The van der Waals surface area contributed by atoms with Gasteiger partial charge in [0.05, 0.1) is 16.8 Å². The van der Waals surface area contributed by atoms with Crippen LogP contribution in [0.1, 0.15) is 32.6 Å². The highest BCUT2D eigenvalue weighted by Crippen LogP contribution is 2.23. The number of hydrogen-bond donors (Lipinski definition) is 0. The van der Waals surface area contributed by atoms with Crippen molar-refractivity contribution in [2.45, 2.75) is 34.2 Å². The first kappa shape index (κ1) is 17.2. The van der Waals surface area contributed by atoms with Gasteiger partial charge in [-0.25, -0.2) is 0 Å². The molecule has 0 saturated carbocycles. The molecule has 25 heavy (non-hydrogen) atoms. The summed E-state index contributed by atoms with van der Waals surface area (Å²) in [5.74, 6) is 2.44. The molecule has 1 heterocycles. The van der Waals surface area contributed by atoms with Gasteiger partial charge in [0.25, 0.3) is 5.91 Å². The quantitative estimate of drug-likeness (QED) is 0.636. The predicted octanol–water partition coefficient (Wildman–Crippen LogP) is 4.31. The van der Waals surface area contributed by atoms with Gasteiger partial charge in [-0.05, 0) is 56.5 Å². The number of fused-ring (bicyclic) bond motifs is 1. The van der Waals surface area contributed by atoms with Gasteiger partial charge in [-0.2, -0.15) is 4.99 Å². The number of nitrogens with zero attached hydrogens (tertiary/aromatic N) is 2. The summed E-state index contributed by atoms with van der Waals surface area (Å²) < 4.78 is 3.06. The SMILES string of the molecule is C#CCn1c(=NC(=O)c2ccc(C)cc2C)sc2c(C)cc(C)cc21. The van der Waals surface area contributed by atoms with E-state index in [1.165, 1.54) is 22.5 Å². The smallest absolute Gasteiger partial charge is 0.279 e. The van der Waals surface area contributed by atoms with Crippen molar-refractivity contribution in [3.05, 3.63) is 63.0 Å². The second-order valence-corrected chi connectivity index (χ2v) is 7.32. The normalized spacial score (nSPS) is 11.7. The van der Waals surface area contributed by atoms with Crippen LogP contribution in [-0.2, 0) is 6.54 Å². The van der Waals surface area contributed by atoms with Gasteiger partial charge in [0.2, 0.25) is 0 Å². The van der Waals surface area contributed by atoms with Gasteiger partial charge in [0, 0.05) is 5.56 Å². The lowest BCUT2D eigenvalue weighted by Crippen LogP contribution is -2.16. The highest BCUT2D eigenvalue weighted by atomic mass is 32.1. The third-order valence-corrected chi connectivity index (χ3v) is 5.40. The van der Waals surface area contributed by atoms with E-state index in [2.05, 4.69) is 36.9 Å². The lowest BCUT2D eigenvalue weighted by Gasteiger charge is -2.04. The van der Waals surface area contributed by atoms with Crippen LogP contribution < -0.4 is 4.80 Å².